The van der Waals surface area contributed by atoms with E-state index in [2.05, 4.69) is 10.1 Å². The minimum atomic E-state index is -3.46. The molecule has 7 heteroatoms. The molecule has 1 fully saturated rings. The predicted octanol–water partition coefficient (Wildman–Crippen LogP) is 0.0985. The van der Waals surface area contributed by atoms with Crippen LogP contribution in [0.2, 0.25) is 0 Å². The highest BCUT2D eigenvalue weighted by Crippen LogP contribution is 2.39. The Morgan fingerprint density at radius 3 is 2.75 bits per heavy atom. The zero-order valence-electron chi connectivity index (χ0n) is 9.14. The van der Waals surface area contributed by atoms with E-state index in [1.54, 1.807) is 0 Å². The predicted molar refractivity (Wildman–Crippen MR) is 57.4 cm³/mol. The van der Waals surface area contributed by atoms with Crippen LogP contribution in [0.25, 0.3) is 0 Å². The Balaban J connectivity index is 2.39. The van der Waals surface area contributed by atoms with E-state index in [4.69, 9.17) is 0 Å². The van der Waals surface area contributed by atoms with Crippen LogP contribution in [0.3, 0.4) is 0 Å². The molecule has 1 aliphatic rings. The van der Waals surface area contributed by atoms with Crippen LogP contribution in [0.15, 0.2) is 0 Å². The second kappa shape index (κ2) is 5.57. The van der Waals surface area contributed by atoms with Crippen molar-refractivity contribution in [3.8, 4) is 0 Å². The minimum Gasteiger partial charge on any atom is -0.392 e. The van der Waals surface area contributed by atoms with E-state index in [1.165, 1.54) is 6.92 Å². The maximum atomic E-state index is 11.4. The Morgan fingerprint density at radius 2 is 2.25 bits per heavy atom. The van der Waals surface area contributed by atoms with Gasteiger partial charge >= 0.3 is 11.9 Å². The molecule has 1 saturated heterocycles. The van der Waals surface area contributed by atoms with Gasteiger partial charge in [-0.2, -0.15) is 0 Å². The SMILES string of the molecule is CCP(=O)(O)CC(=O)OC(=O)[C@@H]1CCCN1. The molecule has 2 N–H and O–H groups in total. The summed E-state index contributed by atoms with van der Waals surface area (Å²) in [5, 5.41) is 2.88. The van der Waals surface area contributed by atoms with Gasteiger partial charge in [0.1, 0.15) is 12.2 Å². The van der Waals surface area contributed by atoms with E-state index < -0.39 is 31.5 Å². The van der Waals surface area contributed by atoms with Crippen LogP contribution in [0.1, 0.15) is 19.8 Å². The molecular weight excluding hydrogens is 233 g/mol. The van der Waals surface area contributed by atoms with Crippen LogP contribution in [0.4, 0.5) is 0 Å². The van der Waals surface area contributed by atoms with Crippen molar-refractivity contribution in [1.29, 1.82) is 0 Å². The molecule has 0 aromatic carbocycles. The van der Waals surface area contributed by atoms with Crippen LogP contribution < -0.4 is 5.32 Å². The fraction of sp³-hybridized carbons (Fsp3) is 0.778. The highest BCUT2D eigenvalue weighted by atomic mass is 31.2. The van der Waals surface area contributed by atoms with E-state index in [0.717, 1.165) is 13.0 Å². The van der Waals surface area contributed by atoms with Crippen molar-refractivity contribution < 1.29 is 23.8 Å². The monoisotopic (exact) mass is 249 g/mol. The van der Waals surface area contributed by atoms with Gasteiger partial charge in [-0.05, 0) is 19.4 Å². The van der Waals surface area contributed by atoms with Gasteiger partial charge in [-0.25, -0.2) is 4.79 Å². The molecule has 1 heterocycles. The van der Waals surface area contributed by atoms with E-state index >= 15 is 0 Å². The van der Waals surface area contributed by atoms with Crippen molar-refractivity contribution in [2.75, 3.05) is 18.9 Å². The molecule has 0 amide bonds. The van der Waals surface area contributed by atoms with Gasteiger partial charge in [-0.1, -0.05) is 6.92 Å². The van der Waals surface area contributed by atoms with Gasteiger partial charge in [0.2, 0.25) is 7.37 Å². The number of carbonyl (C=O) groups is 2. The fourth-order valence-electron chi connectivity index (χ4n) is 1.41. The van der Waals surface area contributed by atoms with E-state index in [1.807, 2.05) is 0 Å². The molecule has 0 spiro atoms. The molecule has 0 radical (unpaired) electrons. The summed E-state index contributed by atoms with van der Waals surface area (Å²) in [5.74, 6) is -1.58. The third-order valence-electron chi connectivity index (χ3n) is 2.43. The van der Waals surface area contributed by atoms with Gasteiger partial charge in [0.05, 0.1) is 0 Å². The van der Waals surface area contributed by atoms with Crippen LogP contribution in [0, 0.1) is 0 Å². The summed E-state index contributed by atoms with van der Waals surface area (Å²) in [6.07, 6.45) is 0.901. The molecule has 92 valence electrons. The van der Waals surface area contributed by atoms with E-state index in [-0.39, 0.29) is 6.16 Å². The highest BCUT2D eigenvalue weighted by Gasteiger charge is 2.28. The first-order chi connectivity index (χ1) is 7.44. The molecule has 16 heavy (non-hydrogen) atoms. The lowest BCUT2D eigenvalue weighted by Crippen LogP contribution is -2.34. The quantitative estimate of drug-likeness (QED) is 0.417. The van der Waals surface area contributed by atoms with Gasteiger partial charge in [0, 0.05) is 6.16 Å². The molecule has 2 atom stereocenters. The zero-order valence-corrected chi connectivity index (χ0v) is 10.0. The van der Waals surface area contributed by atoms with Gasteiger partial charge in [-0.3, -0.25) is 9.36 Å². The van der Waals surface area contributed by atoms with Crippen molar-refractivity contribution in [3.05, 3.63) is 0 Å². The van der Waals surface area contributed by atoms with Gasteiger partial charge in [0.25, 0.3) is 0 Å². The Bertz CT molecular complexity index is 324. The molecule has 1 unspecified atom stereocenters. The summed E-state index contributed by atoms with van der Waals surface area (Å²) in [7, 11) is -3.46. The second-order valence-electron chi connectivity index (χ2n) is 3.76. The Kier molecular flexibility index (Phi) is 4.65. The van der Waals surface area contributed by atoms with Crippen molar-refractivity contribution >= 4 is 19.3 Å². The van der Waals surface area contributed by atoms with Crippen LogP contribution >= 0.6 is 7.37 Å². The first kappa shape index (κ1) is 13.4. The Hall–Kier alpha value is -0.710. The third-order valence-corrected chi connectivity index (χ3v) is 4.17. The lowest BCUT2D eigenvalue weighted by atomic mass is 10.2. The molecule has 1 aliphatic heterocycles. The number of hydrogen-bond acceptors (Lipinski definition) is 5. The second-order valence-corrected chi connectivity index (χ2v) is 6.40. The van der Waals surface area contributed by atoms with Crippen molar-refractivity contribution in [2.45, 2.75) is 25.8 Å². The molecule has 0 aliphatic carbocycles. The highest BCUT2D eigenvalue weighted by molar-refractivity contribution is 7.58. The molecule has 0 bridgehead atoms. The average Bonchev–Trinajstić information content (AvgIpc) is 2.69. The number of esters is 2. The van der Waals surface area contributed by atoms with Crippen molar-refractivity contribution in [2.24, 2.45) is 0 Å². The van der Waals surface area contributed by atoms with Crippen LogP contribution in [0.5, 0.6) is 0 Å². The van der Waals surface area contributed by atoms with Crippen LogP contribution in [-0.4, -0.2) is 41.7 Å². The third kappa shape index (κ3) is 4.04. The lowest BCUT2D eigenvalue weighted by Gasteiger charge is -2.10. The average molecular weight is 249 g/mol. The topological polar surface area (TPSA) is 92.7 Å². The molecule has 0 saturated carbocycles. The smallest absolute Gasteiger partial charge is 0.330 e. The van der Waals surface area contributed by atoms with Gasteiger partial charge in [0.15, 0.2) is 0 Å². The molecule has 0 aromatic rings. The maximum Gasteiger partial charge on any atom is 0.330 e. The number of ether oxygens (including phenoxy) is 1. The number of hydrogen-bond donors (Lipinski definition) is 2. The summed E-state index contributed by atoms with van der Waals surface area (Å²) < 4.78 is 15.7. The number of carbonyl (C=O) groups excluding carboxylic acids is 2. The summed E-state index contributed by atoms with van der Waals surface area (Å²) >= 11 is 0. The Morgan fingerprint density at radius 1 is 1.56 bits per heavy atom. The molecule has 6 nitrogen and oxygen atoms in total. The first-order valence-corrected chi connectivity index (χ1v) is 7.26. The summed E-state index contributed by atoms with van der Waals surface area (Å²) in [5.41, 5.74) is 0. The van der Waals surface area contributed by atoms with Crippen molar-refractivity contribution in [3.63, 3.8) is 0 Å². The first-order valence-electron chi connectivity index (χ1n) is 5.23. The lowest BCUT2D eigenvalue weighted by molar-refractivity contribution is -0.159. The normalized spacial score (nSPS) is 23.8. The molecular formula is C9H16NO5P. The molecule has 1 rings (SSSR count). The standard InChI is InChI=1S/C9H16NO5P/c1-2-16(13,14)6-8(11)15-9(12)7-4-3-5-10-7/h7,10H,2-6H2,1H3,(H,13,14)/t7-/m0/s1. The number of nitrogens with one attached hydrogen (secondary N) is 1. The van der Waals surface area contributed by atoms with Crippen LogP contribution in [-0.2, 0) is 18.9 Å². The zero-order chi connectivity index (χ0) is 12.2. The maximum absolute atomic E-state index is 11.4. The minimum absolute atomic E-state index is 0.00201. The largest absolute Gasteiger partial charge is 0.392 e. The number of rotatable bonds is 4. The van der Waals surface area contributed by atoms with E-state index in [9.17, 15) is 19.0 Å². The Labute approximate surface area is 93.8 Å². The van der Waals surface area contributed by atoms with Gasteiger partial charge < -0.3 is 14.9 Å². The van der Waals surface area contributed by atoms with Gasteiger partial charge in [-0.15, -0.1) is 0 Å². The van der Waals surface area contributed by atoms with Crippen molar-refractivity contribution in [1.82, 2.24) is 5.32 Å². The molecule has 0 aromatic heterocycles. The summed E-state index contributed by atoms with van der Waals surface area (Å²) in [4.78, 5) is 31.7. The fourth-order valence-corrected chi connectivity index (χ4v) is 2.11. The van der Waals surface area contributed by atoms with E-state index in [0.29, 0.717) is 6.42 Å². The summed E-state index contributed by atoms with van der Waals surface area (Å²) in [6, 6.07) is -0.455. The summed E-state index contributed by atoms with van der Waals surface area (Å²) in [6.45, 7) is 2.23.